The normalized spacial score (nSPS) is 20.9. The second-order valence-corrected chi connectivity index (χ2v) is 5.09. The van der Waals surface area contributed by atoms with Crippen molar-refractivity contribution in [3.8, 4) is 0 Å². The molecule has 2 amide bonds. The summed E-state index contributed by atoms with van der Waals surface area (Å²) in [5.74, 6) is -0.0461. The van der Waals surface area contributed by atoms with E-state index in [0.29, 0.717) is 19.3 Å². The number of piperidine rings is 1. The second kappa shape index (κ2) is 7.13. The van der Waals surface area contributed by atoms with Crippen LogP contribution in [0.3, 0.4) is 0 Å². The van der Waals surface area contributed by atoms with E-state index in [0.717, 1.165) is 12.8 Å². The predicted molar refractivity (Wildman–Crippen MR) is 75.3 cm³/mol. The van der Waals surface area contributed by atoms with Crippen molar-refractivity contribution >= 4 is 38.4 Å². The molecule has 0 bridgehead atoms. The molecular formula is C10H17BN2O2P2. The van der Waals surface area contributed by atoms with E-state index in [-0.39, 0.29) is 17.9 Å². The molecule has 1 aliphatic heterocycles. The fourth-order valence-corrected chi connectivity index (χ4v) is 2.40. The largest absolute Gasteiger partial charge is 0.322 e. The molecule has 1 rings (SSSR count). The van der Waals surface area contributed by atoms with Crippen molar-refractivity contribution in [2.75, 3.05) is 6.54 Å². The van der Waals surface area contributed by atoms with Gasteiger partial charge in [-0.3, -0.25) is 9.59 Å². The first-order chi connectivity index (χ1) is 8.07. The van der Waals surface area contributed by atoms with Gasteiger partial charge < -0.3 is 9.34 Å². The van der Waals surface area contributed by atoms with Crippen LogP contribution in [0, 0.1) is 0 Å². The first kappa shape index (κ1) is 14.7. The molecule has 0 aromatic carbocycles. The van der Waals surface area contributed by atoms with Crippen molar-refractivity contribution < 1.29 is 9.59 Å². The summed E-state index contributed by atoms with van der Waals surface area (Å²) >= 11 is 0. The molecule has 0 spiro atoms. The van der Waals surface area contributed by atoms with Crippen LogP contribution < -0.4 is 0 Å². The maximum absolute atomic E-state index is 12.1. The van der Waals surface area contributed by atoms with Gasteiger partial charge >= 0.3 is 0 Å². The van der Waals surface area contributed by atoms with Crippen molar-refractivity contribution in [2.24, 2.45) is 0 Å². The number of nitrogens with zero attached hydrogens (tertiary/aromatic N) is 2. The SMILES string of the molecule is [B]C/C=C/CN(P)C(=O)C1CCCC(=O)N1P. The monoisotopic (exact) mass is 270 g/mol. The maximum atomic E-state index is 12.1. The van der Waals surface area contributed by atoms with Crippen molar-refractivity contribution in [1.29, 1.82) is 0 Å². The summed E-state index contributed by atoms with van der Waals surface area (Å²) in [5, 5.41) is 0. The molecular weight excluding hydrogens is 253 g/mol. The highest BCUT2D eigenvalue weighted by molar-refractivity contribution is 7.15. The Morgan fingerprint density at radius 1 is 1.59 bits per heavy atom. The summed E-state index contributed by atoms with van der Waals surface area (Å²) in [4.78, 5) is 23.6. The molecule has 17 heavy (non-hydrogen) atoms. The van der Waals surface area contributed by atoms with Crippen LogP contribution in [0.4, 0.5) is 0 Å². The zero-order valence-corrected chi connectivity index (χ0v) is 12.0. The van der Waals surface area contributed by atoms with Crippen LogP contribution in [0.15, 0.2) is 12.2 Å². The van der Waals surface area contributed by atoms with Crippen LogP contribution in [-0.4, -0.2) is 41.6 Å². The number of hydrogen-bond acceptors (Lipinski definition) is 2. The van der Waals surface area contributed by atoms with Gasteiger partial charge in [-0.2, -0.15) is 0 Å². The molecule has 0 N–H and O–H groups in total. The smallest absolute Gasteiger partial charge is 0.248 e. The average Bonchev–Trinajstić information content (AvgIpc) is 2.32. The highest BCUT2D eigenvalue weighted by Gasteiger charge is 2.32. The van der Waals surface area contributed by atoms with Crippen LogP contribution in [0.25, 0.3) is 0 Å². The third-order valence-corrected chi connectivity index (χ3v) is 3.78. The van der Waals surface area contributed by atoms with E-state index in [9.17, 15) is 9.59 Å². The van der Waals surface area contributed by atoms with Crippen LogP contribution in [-0.2, 0) is 9.59 Å². The van der Waals surface area contributed by atoms with E-state index in [1.165, 1.54) is 9.34 Å². The number of rotatable bonds is 4. The standard InChI is InChI=1S/C10H17BN2O2P2/c11-6-1-2-7-12(16)10(15)8-4-3-5-9(14)13(8)17/h1-2,8H,3-7,16-17H2/b2-1+. The summed E-state index contributed by atoms with van der Waals surface area (Å²) in [6.45, 7) is 0.490. The number of carbonyl (C=O) groups excluding carboxylic acids is 2. The zero-order valence-electron chi connectivity index (χ0n) is 9.71. The molecule has 0 aromatic rings. The van der Waals surface area contributed by atoms with Gasteiger partial charge in [0, 0.05) is 13.0 Å². The highest BCUT2D eigenvalue weighted by atomic mass is 31.0. The molecule has 92 valence electrons. The Labute approximate surface area is 108 Å². The minimum absolute atomic E-state index is 0.00972. The zero-order chi connectivity index (χ0) is 12.8. The van der Waals surface area contributed by atoms with Crippen LogP contribution in [0.1, 0.15) is 19.3 Å². The van der Waals surface area contributed by atoms with E-state index >= 15 is 0 Å². The summed E-state index contributed by atoms with van der Waals surface area (Å²) < 4.78 is 3.00. The minimum atomic E-state index is -0.356. The van der Waals surface area contributed by atoms with Crippen LogP contribution in [0.2, 0.25) is 6.32 Å². The Kier molecular flexibility index (Phi) is 6.15. The number of carbonyl (C=O) groups is 2. The van der Waals surface area contributed by atoms with Gasteiger partial charge in [0.25, 0.3) is 0 Å². The Balaban J connectivity index is 2.56. The second-order valence-electron chi connectivity index (χ2n) is 3.91. The predicted octanol–water partition coefficient (Wildman–Crippen LogP) is 0.919. The van der Waals surface area contributed by atoms with Crippen molar-refractivity contribution in [3.05, 3.63) is 12.2 Å². The highest BCUT2D eigenvalue weighted by Crippen LogP contribution is 2.24. The summed E-state index contributed by atoms with van der Waals surface area (Å²) in [7, 11) is 10.1. The number of hydrogen-bond donors (Lipinski definition) is 0. The van der Waals surface area contributed by atoms with Gasteiger partial charge in [-0.25, -0.2) is 0 Å². The van der Waals surface area contributed by atoms with E-state index in [1.807, 2.05) is 6.08 Å². The first-order valence-electron chi connectivity index (χ1n) is 5.55. The lowest BCUT2D eigenvalue weighted by Crippen LogP contribution is -2.46. The van der Waals surface area contributed by atoms with Gasteiger partial charge in [0.15, 0.2) is 0 Å². The topological polar surface area (TPSA) is 40.6 Å². The lowest BCUT2D eigenvalue weighted by Gasteiger charge is -2.33. The van der Waals surface area contributed by atoms with Gasteiger partial charge in [-0.15, -0.1) is 0 Å². The van der Waals surface area contributed by atoms with Gasteiger partial charge in [0.05, 0.1) is 7.85 Å². The number of allylic oxidation sites excluding steroid dienone is 1. The van der Waals surface area contributed by atoms with E-state index in [1.54, 1.807) is 6.08 Å². The molecule has 1 heterocycles. The molecule has 0 saturated carbocycles. The van der Waals surface area contributed by atoms with Gasteiger partial charge in [0.2, 0.25) is 11.8 Å². The summed E-state index contributed by atoms with van der Waals surface area (Å²) in [5.41, 5.74) is 0. The van der Waals surface area contributed by atoms with Crippen LogP contribution >= 0.6 is 18.8 Å². The molecule has 0 aliphatic carbocycles. The Bertz CT molecular complexity index is 325. The Morgan fingerprint density at radius 2 is 2.29 bits per heavy atom. The number of amides is 2. The Hall–Kier alpha value is -0.395. The fourth-order valence-electron chi connectivity index (χ4n) is 1.70. The molecule has 3 unspecified atom stereocenters. The van der Waals surface area contributed by atoms with E-state index in [2.05, 4.69) is 18.8 Å². The van der Waals surface area contributed by atoms with Gasteiger partial charge in [0.1, 0.15) is 6.04 Å². The summed E-state index contributed by atoms with van der Waals surface area (Å²) in [6, 6.07) is -0.356. The van der Waals surface area contributed by atoms with Gasteiger partial charge in [-0.1, -0.05) is 18.5 Å². The Morgan fingerprint density at radius 3 is 2.94 bits per heavy atom. The lowest BCUT2D eigenvalue weighted by atomic mass is 10.0. The molecule has 4 nitrogen and oxygen atoms in total. The minimum Gasteiger partial charge on any atom is -0.322 e. The van der Waals surface area contributed by atoms with Crippen molar-refractivity contribution in [2.45, 2.75) is 31.6 Å². The third kappa shape index (κ3) is 4.08. The van der Waals surface area contributed by atoms with Crippen molar-refractivity contribution in [1.82, 2.24) is 9.34 Å². The summed E-state index contributed by atoms with van der Waals surface area (Å²) in [6.07, 6.45) is 6.12. The molecule has 3 atom stereocenters. The quantitative estimate of drug-likeness (QED) is 0.433. The van der Waals surface area contributed by atoms with Gasteiger partial charge in [-0.05, 0) is 31.6 Å². The molecule has 0 aromatic heterocycles. The van der Waals surface area contributed by atoms with Crippen molar-refractivity contribution in [3.63, 3.8) is 0 Å². The molecule has 7 heteroatoms. The average molecular weight is 270 g/mol. The maximum Gasteiger partial charge on any atom is 0.248 e. The molecule has 2 radical (unpaired) electrons. The molecule has 1 saturated heterocycles. The van der Waals surface area contributed by atoms with E-state index in [4.69, 9.17) is 7.85 Å². The first-order valence-corrected chi connectivity index (χ1v) is 6.59. The van der Waals surface area contributed by atoms with Crippen LogP contribution in [0.5, 0.6) is 0 Å². The molecule has 1 fully saturated rings. The fraction of sp³-hybridized carbons (Fsp3) is 0.600. The van der Waals surface area contributed by atoms with E-state index < -0.39 is 0 Å². The third-order valence-electron chi connectivity index (χ3n) is 2.66. The lowest BCUT2D eigenvalue weighted by molar-refractivity contribution is -0.139. The molecule has 1 aliphatic rings.